The number of halogens is 2. The third-order valence-electron chi connectivity index (χ3n) is 3.88. The van der Waals surface area contributed by atoms with Crippen LogP contribution in [-0.2, 0) is 0 Å². The molecule has 1 unspecified atom stereocenters. The van der Waals surface area contributed by atoms with E-state index >= 15 is 0 Å². The molecule has 1 N–H and O–H groups in total. The zero-order valence-corrected chi connectivity index (χ0v) is 12.9. The largest absolute Gasteiger partial charge is 0.306 e. The summed E-state index contributed by atoms with van der Waals surface area (Å²) in [6, 6.07) is 8.23. The van der Waals surface area contributed by atoms with E-state index < -0.39 is 17.7 Å². The van der Waals surface area contributed by atoms with Crippen molar-refractivity contribution >= 4 is 0 Å². The Bertz CT molecular complexity index is 650. The normalized spacial score (nSPS) is 12.5. The fourth-order valence-corrected chi connectivity index (χ4v) is 2.48. The maximum atomic E-state index is 14.4. The van der Waals surface area contributed by atoms with Crippen molar-refractivity contribution in [2.45, 2.75) is 33.7 Å². The molecule has 0 amide bonds. The number of hydrogen-bond acceptors (Lipinski definition) is 1. The van der Waals surface area contributed by atoms with Gasteiger partial charge in [0.05, 0.1) is 6.04 Å². The molecule has 0 heterocycles. The van der Waals surface area contributed by atoms with Gasteiger partial charge in [0.15, 0.2) is 0 Å². The number of hydrogen-bond donors (Lipinski definition) is 1. The molecule has 1 atom stereocenters. The van der Waals surface area contributed by atoms with Crippen molar-refractivity contribution in [3.8, 4) is 0 Å². The highest BCUT2D eigenvalue weighted by Crippen LogP contribution is 2.29. The lowest BCUT2D eigenvalue weighted by Crippen LogP contribution is -2.24. The Morgan fingerprint density at radius 2 is 1.62 bits per heavy atom. The fourth-order valence-electron chi connectivity index (χ4n) is 2.48. The van der Waals surface area contributed by atoms with Crippen LogP contribution >= 0.6 is 0 Å². The lowest BCUT2D eigenvalue weighted by atomic mass is 9.93. The van der Waals surface area contributed by atoms with Crippen LogP contribution in [0.25, 0.3) is 0 Å². The molecule has 0 fully saturated rings. The minimum atomic E-state index is -0.512. The molecule has 0 bridgehead atoms. The van der Waals surface area contributed by atoms with Crippen LogP contribution in [0.2, 0.25) is 0 Å². The van der Waals surface area contributed by atoms with E-state index in [1.54, 1.807) is 6.92 Å². The van der Waals surface area contributed by atoms with Crippen molar-refractivity contribution < 1.29 is 8.78 Å². The molecule has 21 heavy (non-hydrogen) atoms. The molecule has 0 radical (unpaired) electrons. The van der Waals surface area contributed by atoms with Gasteiger partial charge < -0.3 is 5.32 Å². The van der Waals surface area contributed by atoms with E-state index in [-0.39, 0.29) is 5.56 Å². The first kappa shape index (κ1) is 15.6. The Labute approximate surface area is 125 Å². The average Bonchev–Trinajstić information content (AvgIpc) is 2.45. The molecule has 0 aliphatic rings. The number of benzene rings is 2. The third kappa shape index (κ3) is 3.13. The predicted molar refractivity (Wildman–Crippen MR) is 82.5 cm³/mol. The summed E-state index contributed by atoms with van der Waals surface area (Å²) in [6.45, 7) is 8.24. The van der Waals surface area contributed by atoms with Crippen molar-refractivity contribution in [3.05, 3.63) is 69.8 Å². The van der Waals surface area contributed by atoms with Crippen molar-refractivity contribution in [2.75, 3.05) is 6.54 Å². The van der Waals surface area contributed by atoms with E-state index in [1.807, 2.05) is 39.0 Å². The minimum Gasteiger partial charge on any atom is -0.306 e. The maximum Gasteiger partial charge on any atom is 0.134 e. The van der Waals surface area contributed by atoms with Crippen LogP contribution in [0, 0.1) is 32.4 Å². The summed E-state index contributed by atoms with van der Waals surface area (Å²) in [4.78, 5) is 0. The molecule has 3 heteroatoms. The summed E-state index contributed by atoms with van der Waals surface area (Å²) in [5.41, 5.74) is 3.71. The summed E-state index contributed by atoms with van der Waals surface area (Å²) in [7, 11) is 0. The molecular weight excluding hydrogens is 268 g/mol. The molecule has 0 spiro atoms. The van der Waals surface area contributed by atoms with Gasteiger partial charge in [0.1, 0.15) is 11.6 Å². The second kappa shape index (κ2) is 6.35. The Hall–Kier alpha value is -1.74. The highest BCUT2D eigenvalue weighted by molar-refractivity contribution is 5.39. The average molecular weight is 289 g/mol. The van der Waals surface area contributed by atoms with Crippen LogP contribution in [0.15, 0.2) is 30.3 Å². The Kier molecular flexibility index (Phi) is 4.73. The predicted octanol–water partition coefficient (Wildman–Crippen LogP) is 4.59. The van der Waals surface area contributed by atoms with E-state index in [4.69, 9.17) is 0 Å². The van der Waals surface area contributed by atoms with Crippen molar-refractivity contribution in [3.63, 3.8) is 0 Å². The topological polar surface area (TPSA) is 12.0 Å². The van der Waals surface area contributed by atoms with E-state index in [0.717, 1.165) is 11.1 Å². The Balaban J connectivity index is 2.58. The highest BCUT2D eigenvalue weighted by atomic mass is 19.1. The molecule has 0 aliphatic carbocycles. The molecule has 2 rings (SSSR count). The summed E-state index contributed by atoms with van der Waals surface area (Å²) in [5, 5.41) is 3.19. The van der Waals surface area contributed by atoms with Crippen molar-refractivity contribution in [2.24, 2.45) is 0 Å². The monoisotopic (exact) mass is 289 g/mol. The maximum absolute atomic E-state index is 14.4. The van der Waals surface area contributed by atoms with Gasteiger partial charge in [-0.25, -0.2) is 8.78 Å². The van der Waals surface area contributed by atoms with Gasteiger partial charge in [-0.1, -0.05) is 31.2 Å². The zero-order valence-electron chi connectivity index (χ0n) is 12.9. The smallest absolute Gasteiger partial charge is 0.134 e. The molecule has 2 aromatic rings. The molecule has 0 aliphatic heterocycles. The van der Waals surface area contributed by atoms with Crippen LogP contribution in [0.3, 0.4) is 0 Å². The Morgan fingerprint density at radius 3 is 2.24 bits per heavy atom. The lowest BCUT2D eigenvalue weighted by molar-refractivity contribution is 0.506. The number of aryl methyl sites for hydroxylation is 3. The second-order valence-corrected chi connectivity index (χ2v) is 5.43. The zero-order chi connectivity index (χ0) is 15.6. The first-order valence-electron chi connectivity index (χ1n) is 7.20. The van der Waals surface area contributed by atoms with Gasteiger partial charge in [-0.05, 0) is 55.6 Å². The Morgan fingerprint density at radius 1 is 0.952 bits per heavy atom. The van der Waals surface area contributed by atoms with Gasteiger partial charge in [0.2, 0.25) is 0 Å². The molecule has 0 saturated carbocycles. The van der Waals surface area contributed by atoms with Gasteiger partial charge in [-0.15, -0.1) is 0 Å². The van der Waals surface area contributed by atoms with Crippen LogP contribution in [-0.4, -0.2) is 6.54 Å². The van der Waals surface area contributed by atoms with E-state index in [0.29, 0.717) is 12.1 Å². The van der Waals surface area contributed by atoms with Gasteiger partial charge in [-0.2, -0.15) is 0 Å². The third-order valence-corrected chi connectivity index (χ3v) is 3.88. The first-order chi connectivity index (χ1) is 9.95. The summed E-state index contributed by atoms with van der Waals surface area (Å²) >= 11 is 0. The molecule has 2 aromatic carbocycles. The van der Waals surface area contributed by atoms with E-state index in [2.05, 4.69) is 5.32 Å². The molecule has 0 aromatic heterocycles. The van der Waals surface area contributed by atoms with Crippen molar-refractivity contribution in [1.82, 2.24) is 5.32 Å². The summed E-state index contributed by atoms with van der Waals surface area (Å²) in [6.07, 6.45) is 0. The molecule has 0 saturated heterocycles. The van der Waals surface area contributed by atoms with Gasteiger partial charge >= 0.3 is 0 Å². The van der Waals surface area contributed by atoms with Gasteiger partial charge in [0.25, 0.3) is 0 Å². The number of rotatable bonds is 4. The van der Waals surface area contributed by atoms with Gasteiger partial charge in [-0.3, -0.25) is 0 Å². The molecule has 1 nitrogen and oxygen atoms in total. The summed E-state index contributed by atoms with van der Waals surface area (Å²) < 4.78 is 28.6. The number of nitrogens with one attached hydrogen (secondary N) is 1. The fraction of sp³-hybridized carbons (Fsp3) is 0.333. The van der Waals surface area contributed by atoms with Crippen LogP contribution in [0.1, 0.15) is 40.8 Å². The standard InChI is InChI=1S/C18H21F2N/c1-5-21-18(14-8-6-11(2)13(4)10-14)16-15(19)9-7-12(3)17(16)20/h6-10,18,21H,5H2,1-4H3. The van der Waals surface area contributed by atoms with Gasteiger partial charge in [0, 0.05) is 5.56 Å². The van der Waals surface area contributed by atoms with E-state index in [9.17, 15) is 8.78 Å². The first-order valence-corrected chi connectivity index (χ1v) is 7.20. The second-order valence-electron chi connectivity index (χ2n) is 5.43. The SMILES string of the molecule is CCNC(c1ccc(C)c(C)c1)c1c(F)ccc(C)c1F. The van der Waals surface area contributed by atoms with Crippen molar-refractivity contribution in [1.29, 1.82) is 0 Å². The van der Waals surface area contributed by atoms with Crippen LogP contribution < -0.4 is 5.32 Å². The van der Waals surface area contributed by atoms with E-state index in [1.165, 1.54) is 17.7 Å². The quantitative estimate of drug-likeness (QED) is 0.868. The molecule has 112 valence electrons. The van der Waals surface area contributed by atoms with Crippen LogP contribution in [0.5, 0.6) is 0 Å². The highest BCUT2D eigenvalue weighted by Gasteiger charge is 2.22. The summed E-state index contributed by atoms with van der Waals surface area (Å²) in [5.74, 6) is -0.985. The minimum absolute atomic E-state index is 0.0973. The lowest BCUT2D eigenvalue weighted by Gasteiger charge is -2.22. The van der Waals surface area contributed by atoms with Crippen LogP contribution in [0.4, 0.5) is 8.78 Å². The molecular formula is C18H21F2N.